The van der Waals surface area contributed by atoms with Crippen LogP contribution >= 0.6 is 0 Å². The van der Waals surface area contributed by atoms with Gasteiger partial charge in [0, 0.05) is 0 Å². The van der Waals surface area contributed by atoms with E-state index >= 15 is 0 Å². The van der Waals surface area contributed by atoms with E-state index < -0.39 is 22.6 Å². The molecule has 64 valence electrons. The quantitative estimate of drug-likeness (QED) is 0.397. The van der Waals surface area contributed by atoms with Crippen LogP contribution in [-0.4, -0.2) is 27.7 Å². The zero-order chi connectivity index (χ0) is 9.35. The number of aliphatic carboxylic acids is 1. The van der Waals surface area contributed by atoms with Gasteiger partial charge in [0.25, 0.3) is 0 Å². The Morgan fingerprint density at radius 3 is 2.50 bits per heavy atom. The molecule has 0 spiro atoms. The van der Waals surface area contributed by atoms with Crippen molar-refractivity contribution in [3.63, 3.8) is 0 Å². The number of carboxylic acid groups (broad SMARTS) is 1. The first kappa shape index (κ1) is 8.04. The van der Waals surface area contributed by atoms with Gasteiger partial charge in [-0.15, -0.1) is 10.1 Å². The van der Waals surface area contributed by atoms with Crippen LogP contribution in [0.15, 0.2) is 15.2 Å². The van der Waals surface area contributed by atoms with Crippen molar-refractivity contribution < 1.29 is 14.8 Å². The van der Waals surface area contributed by atoms with Crippen LogP contribution in [0.3, 0.4) is 0 Å². The normalized spacial score (nSPS) is 26.8. The number of nitro groups is 1. The van der Waals surface area contributed by atoms with Crippen LogP contribution in [-0.2, 0) is 4.79 Å². The van der Waals surface area contributed by atoms with Crippen LogP contribution in [0.1, 0.15) is 0 Å². The van der Waals surface area contributed by atoms with Crippen LogP contribution < -0.4 is 5.73 Å². The van der Waals surface area contributed by atoms with Crippen LogP contribution in [0.5, 0.6) is 0 Å². The minimum atomic E-state index is -2.77. The summed E-state index contributed by atoms with van der Waals surface area (Å²) in [4.78, 5) is 22.4. The molecule has 0 saturated carbocycles. The van der Waals surface area contributed by atoms with Crippen molar-refractivity contribution in [2.75, 3.05) is 0 Å². The van der Waals surface area contributed by atoms with Gasteiger partial charge in [0.2, 0.25) is 5.96 Å². The maximum absolute atomic E-state index is 10.4. The van der Waals surface area contributed by atoms with Crippen molar-refractivity contribution in [3.05, 3.63) is 10.1 Å². The number of guanidine groups is 1. The third-order valence-corrected chi connectivity index (χ3v) is 1.10. The first-order valence-electron chi connectivity index (χ1n) is 2.65. The van der Waals surface area contributed by atoms with E-state index in [-0.39, 0.29) is 0 Å². The van der Waals surface area contributed by atoms with Crippen molar-refractivity contribution in [2.24, 2.45) is 21.0 Å². The van der Waals surface area contributed by atoms with Crippen LogP contribution in [0.2, 0.25) is 0 Å². The summed E-state index contributed by atoms with van der Waals surface area (Å²) in [5, 5.41) is 24.4. The second-order valence-electron chi connectivity index (χ2n) is 1.87. The molecule has 1 atom stereocenters. The first-order chi connectivity index (χ1) is 5.49. The maximum Gasteiger partial charge on any atom is 0.529 e. The molecule has 0 aromatic rings. The standard InChI is InChI=1S/C3H3N5O4/c4-2-5-3(1(9)10,7-6-2)8(11)12/h(H2,4,5)(H,9,10). The van der Waals surface area contributed by atoms with Crippen LogP contribution in [0, 0.1) is 10.1 Å². The molecule has 0 radical (unpaired) electrons. The molecular formula is C3H3N5O4. The first-order valence-corrected chi connectivity index (χ1v) is 2.65. The molecule has 0 amide bonds. The summed E-state index contributed by atoms with van der Waals surface area (Å²) in [5.41, 5.74) is 4.91. The Balaban J connectivity index is 3.17. The molecule has 1 heterocycles. The molecular weight excluding hydrogens is 170 g/mol. The second-order valence-corrected chi connectivity index (χ2v) is 1.87. The Labute approximate surface area is 64.8 Å². The average molecular weight is 173 g/mol. The van der Waals surface area contributed by atoms with Crippen molar-refractivity contribution in [1.29, 1.82) is 0 Å². The smallest absolute Gasteiger partial charge is 0.473 e. The van der Waals surface area contributed by atoms with Crippen LogP contribution in [0.25, 0.3) is 0 Å². The van der Waals surface area contributed by atoms with Gasteiger partial charge in [0.15, 0.2) is 0 Å². The van der Waals surface area contributed by atoms with Crippen molar-refractivity contribution in [1.82, 2.24) is 0 Å². The largest absolute Gasteiger partial charge is 0.529 e. The molecule has 0 aromatic carbocycles. The highest BCUT2D eigenvalue weighted by molar-refractivity contribution is 5.86. The van der Waals surface area contributed by atoms with E-state index in [2.05, 4.69) is 15.2 Å². The fourth-order valence-corrected chi connectivity index (χ4v) is 0.571. The summed E-state index contributed by atoms with van der Waals surface area (Å²) in [6, 6.07) is 0. The molecule has 0 saturated heterocycles. The van der Waals surface area contributed by atoms with Gasteiger partial charge >= 0.3 is 11.8 Å². The Morgan fingerprint density at radius 1 is 1.75 bits per heavy atom. The van der Waals surface area contributed by atoms with Gasteiger partial charge in [0.1, 0.15) is 0 Å². The van der Waals surface area contributed by atoms with E-state index in [1.807, 2.05) is 0 Å². The predicted molar refractivity (Wildman–Crippen MR) is 33.8 cm³/mol. The predicted octanol–water partition coefficient (Wildman–Crippen LogP) is -1.22. The van der Waals surface area contributed by atoms with E-state index in [0.29, 0.717) is 0 Å². The highest BCUT2D eigenvalue weighted by Gasteiger charge is 2.56. The lowest BCUT2D eigenvalue weighted by atomic mass is 10.4. The third kappa shape index (κ3) is 0.872. The minimum Gasteiger partial charge on any atom is -0.473 e. The molecule has 1 aliphatic heterocycles. The number of nitrogens with two attached hydrogens (primary N) is 1. The van der Waals surface area contributed by atoms with Crippen LogP contribution in [0.4, 0.5) is 0 Å². The van der Waals surface area contributed by atoms with Gasteiger partial charge in [-0.1, -0.05) is 5.11 Å². The lowest BCUT2D eigenvalue weighted by Crippen LogP contribution is -2.41. The SMILES string of the molecule is NC1=NC(C(=O)O)([N+](=O)[O-])N=N1. The van der Waals surface area contributed by atoms with E-state index in [9.17, 15) is 14.9 Å². The third-order valence-electron chi connectivity index (χ3n) is 1.10. The molecule has 1 unspecified atom stereocenters. The summed E-state index contributed by atoms with van der Waals surface area (Å²) in [5.74, 6) is -5.12. The molecule has 0 aliphatic carbocycles. The Bertz CT molecular complexity index is 292. The molecule has 1 aliphatic rings. The lowest BCUT2D eigenvalue weighted by Gasteiger charge is -2.04. The van der Waals surface area contributed by atoms with Crippen molar-refractivity contribution in [2.45, 2.75) is 5.79 Å². The molecule has 3 N–H and O–H groups in total. The summed E-state index contributed by atoms with van der Waals surface area (Å²) in [7, 11) is 0. The van der Waals surface area contributed by atoms with Gasteiger partial charge in [-0.05, 0) is 0 Å². The molecule has 0 bridgehead atoms. The highest BCUT2D eigenvalue weighted by atomic mass is 16.6. The number of carbonyl (C=O) groups is 1. The second kappa shape index (κ2) is 2.22. The fraction of sp³-hybridized carbons (Fsp3) is 0.333. The summed E-state index contributed by atoms with van der Waals surface area (Å²) >= 11 is 0. The Hall–Kier alpha value is -2.06. The average Bonchev–Trinajstić information content (AvgIpc) is 2.32. The molecule has 0 aromatic heterocycles. The Kier molecular flexibility index (Phi) is 1.49. The summed E-state index contributed by atoms with van der Waals surface area (Å²) in [6.07, 6.45) is 0. The highest BCUT2D eigenvalue weighted by Crippen LogP contribution is 2.19. The number of rotatable bonds is 2. The lowest BCUT2D eigenvalue weighted by molar-refractivity contribution is -0.551. The number of carboxylic acids is 1. The van der Waals surface area contributed by atoms with Gasteiger partial charge in [0.05, 0.1) is 4.92 Å². The number of nitrogens with zero attached hydrogens (tertiary/aromatic N) is 4. The zero-order valence-corrected chi connectivity index (χ0v) is 5.54. The van der Waals surface area contributed by atoms with E-state index in [0.717, 1.165) is 0 Å². The van der Waals surface area contributed by atoms with Crippen molar-refractivity contribution in [3.8, 4) is 0 Å². The van der Waals surface area contributed by atoms with Crippen molar-refractivity contribution >= 4 is 11.9 Å². The van der Waals surface area contributed by atoms with Gasteiger partial charge in [-0.25, -0.2) is 4.79 Å². The van der Waals surface area contributed by atoms with Gasteiger partial charge in [-0.2, -0.15) is 0 Å². The fourth-order valence-electron chi connectivity index (χ4n) is 0.571. The van der Waals surface area contributed by atoms with E-state index in [1.54, 1.807) is 0 Å². The summed E-state index contributed by atoms with van der Waals surface area (Å²) < 4.78 is 0. The number of azo groups is 1. The molecule has 1 rings (SSSR count). The van der Waals surface area contributed by atoms with Gasteiger partial charge < -0.3 is 10.8 Å². The molecule has 0 fully saturated rings. The molecule has 12 heavy (non-hydrogen) atoms. The number of hydrogen-bond acceptors (Lipinski definition) is 7. The zero-order valence-electron chi connectivity index (χ0n) is 5.54. The summed E-state index contributed by atoms with van der Waals surface area (Å²) in [6.45, 7) is 0. The number of aliphatic imine (C=N–C) groups is 1. The van der Waals surface area contributed by atoms with Gasteiger partial charge in [-0.3, -0.25) is 10.1 Å². The minimum absolute atomic E-state index is 0.519. The Morgan fingerprint density at radius 2 is 2.33 bits per heavy atom. The topological polar surface area (TPSA) is 144 Å². The van der Waals surface area contributed by atoms with E-state index in [4.69, 9.17) is 10.8 Å². The molecule has 9 heteroatoms. The maximum atomic E-state index is 10.4. The number of hydrogen-bond donors (Lipinski definition) is 2. The van der Waals surface area contributed by atoms with E-state index in [1.165, 1.54) is 0 Å². The monoisotopic (exact) mass is 173 g/mol. The molecule has 9 nitrogen and oxygen atoms in total.